The van der Waals surface area contributed by atoms with Crippen LogP contribution < -0.4 is 16.6 Å². The van der Waals surface area contributed by atoms with Crippen molar-refractivity contribution in [1.82, 2.24) is 20.6 Å². The lowest BCUT2D eigenvalue weighted by Crippen LogP contribution is -2.30. The smallest absolute Gasteiger partial charge is 0.294 e. The minimum absolute atomic E-state index is 0.339. The summed E-state index contributed by atoms with van der Waals surface area (Å²) in [6.45, 7) is 2.60. The Bertz CT molecular complexity index is 340. The summed E-state index contributed by atoms with van der Waals surface area (Å²) in [5.74, 6) is 4.69. The van der Waals surface area contributed by atoms with Gasteiger partial charge < -0.3 is 5.32 Å². The van der Waals surface area contributed by atoms with Crippen LogP contribution in [0.1, 0.15) is 15.5 Å². The van der Waals surface area contributed by atoms with E-state index in [0.29, 0.717) is 5.01 Å². The van der Waals surface area contributed by atoms with Crippen molar-refractivity contribution in [3.8, 4) is 0 Å². The summed E-state index contributed by atoms with van der Waals surface area (Å²) < 4.78 is 0. The quantitative estimate of drug-likeness (QED) is 0.353. The van der Waals surface area contributed by atoms with Crippen molar-refractivity contribution >= 4 is 17.2 Å². The number of rotatable bonds is 6. The Labute approximate surface area is 98.8 Å². The van der Waals surface area contributed by atoms with Crippen molar-refractivity contribution in [3.63, 3.8) is 0 Å². The highest BCUT2D eigenvalue weighted by atomic mass is 32.1. The van der Waals surface area contributed by atoms with E-state index in [-0.39, 0.29) is 5.91 Å². The number of amides is 1. The molecule has 1 aromatic heterocycles. The maximum Gasteiger partial charge on any atom is 0.294 e. The molecule has 0 aliphatic heterocycles. The molecule has 1 amide bonds. The zero-order chi connectivity index (χ0) is 12.0. The summed E-state index contributed by atoms with van der Waals surface area (Å²) in [5.41, 5.74) is 2.96. The number of hydrogen-bond acceptors (Lipinski definition) is 6. The zero-order valence-corrected chi connectivity index (χ0v) is 10.3. The van der Waals surface area contributed by atoms with E-state index in [1.807, 2.05) is 19.5 Å². The first-order valence-corrected chi connectivity index (χ1v) is 5.83. The van der Waals surface area contributed by atoms with E-state index in [0.717, 1.165) is 25.3 Å². The van der Waals surface area contributed by atoms with Crippen LogP contribution in [0.25, 0.3) is 0 Å². The lowest BCUT2D eigenvalue weighted by atomic mass is 10.4. The number of aromatic nitrogens is 1. The number of carbonyl (C=O) groups is 1. The molecule has 0 bridgehead atoms. The molecule has 0 aromatic carbocycles. The number of nitrogens with two attached hydrogens (primary N) is 1. The van der Waals surface area contributed by atoms with Crippen LogP contribution in [0.15, 0.2) is 5.38 Å². The van der Waals surface area contributed by atoms with E-state index >= 15 is 0 Å². The average Bonchev–Trinajstić information content (AvgIpc) is 2.73. The van der Waals surface area contributed by atoms with Gasteiger partial charge in [0.05, 0.1) is 5.69 Å². The molecule has 1 heterocycles. The van der Waals surface area contributed by atoms with Crippen LogP contribution in [0, 0.1) is 0 Å². The van der Waals surface area contributed by atoms with Gasteiger partial charge >= 0.3 is 0 Å². The molecule has 1 rings (SSSR count). The molecule has 0 unspecified atom stereocenters. The second kappa shape index (κ2) is 6.54. The van der Waals surface area contributed by atoms with Gasteiger partial charge in [0.2, 0.25) is 0 Å². The van der Waals surface area contributed by atoms with Gasteiger partial charge in [0.1, 0.15) is 0 Å². The van der Waals surface area contributed by atoms with E-state index in [9.17, 15) is 4.79 Å². The van der Waals surface area contributed by atoms with Gasteiger partial charge in [-0.1, -0.05) is 0 Å². The Morgan fingerprint density at radius 1 is 1.69 bits per heavy atom. The minimum Gasteiger partial charge on any atom is -0.318 e. The number of carbonyl (C=O) groups excluding carboxylic acids is 1. The summed E-state index contributed by atoms with van der Waals surface area (Å²) in [6.07, 6.45) is 0. The Kier molecular flexibility index (Phi) is 5.33. The topological polar surface area (TPSA) is 83.3 Å². The third-order valence-electron chi connectivity index (χ3n) is 2.05. The fraction of sp³-hybridized carbons (Fsp3) is 0.556. The number of nitrogen functional groups attached to an aromatic ring is 1. The first-order chi connectivity index (χ1) is 7.67. The summed E-state index contributed by atoms with van der Waals surface area (Å²) in [6, 6.07) is 0. The molecule has 4 N–H and O–H groups in total. The van der Waals surface area contributed by atoms with Crippen molar-refractivity contribution in [2.45, 2.75) is 6.54 Å². The van der Waals surface area contributed by atoms with E-state index in [4.69, 9.17) is 5.84 Å². The molecule has 0 spiro atoms. The summed E-state index contributed by atoms with van der Waals surface area (Å²) in [4.78, 5) is 17.5. The number of nitrogens with one attached hydrogen (secondary N) is 2. The van der Waals surface area contributed by atoms with Gasteiger partial charge in [-0.15, -0.1) is 11.3 Å². The molecule has 16 heavy (non-hydrogen) atoms. The fourth-order valence-corrected chi connectivity index (χ4v) is 1.91. The van der Waals surface area contributed by atoms with E-state index in [2.05, 4.69) is 20.6 Å². The van der Waals surface area contributed by atoms with E-state index in [1.165, 1.54) is 11.3 Å². The molecule has 0 aliphatic carbocycles. The number of likely N-dealkylation sites (N-methyl/N-ethyl adjacent to an activating group) is 2. The van der Waals surface area contributed by atoms with Gasteiger partial charge in [0, 0.05) is 25.0 Å². The van der Waals surface area contributed by atoms with Crippen LogP contribution in [-0.2, 0) is 6.54 Å². The molecule has 7 heteroatoms. The van der Waals surface area contributed by atoms with E-state index < -0.39 is 0 Å². The molecule has 0 saturated heterocycles. The van der Waals surface area contributed by atoms with E-state index in [1.54, 1.807) is 0 Å². The van der Waals surface area contributed by atoms with Crippen molar-refractivity contribution in [2.75, 3.05) is 27.2 Å². The molecular formula is C9H17N5OS. The zero-order valence-electron chi connectivity index (χ0n) is 9.49. The highest BCUT2D eigenvalue weighted by molar-refractivity contribution is 7.11. The third-order valence-corrected chi connectivity index (χ3v) is 2.94. The van der Waals surface area contributed by atoms with Crippen LogP contribution in [0.4, 0.5) is 0 Å². The van der Waals surface area contributed by atoms with Crippen molar-refractivity contribution in [3.05, 3.63) is 16.1 Å². The number of hydrazine groups is 1. The molecule has 0 fully saturated rings. The number of nitrogens with zero attached hydrogens (tertiary/aromatic N) is 2. The Hall–Kier alpha value is -1.02. The predicted octanol–water partition coefficient (Wildman–Crippen LogP) is -0.602. The largest absolute Gasteiger partial charge is 0.318 e. The van der Waals surface area contributed by atoms with Crippen LogP contribution in [-0.4, -0.2) is 43.0 Å². The Morgan fingerprint density at radius 2 is 2.44 bits per heavy atom. The number of hydrogen-bond donors (Lipinski definition) is 3. The second-order valence-electron chi connectivity index (χ2n) is 3.46. The van der Waals surface area contributed by atoms with Crippen LogP contribution in [0.5, 0.6) is 0 Å². The summed E-state index contributed by atoms with van der Waals surface area (Å²) >= 11 is 1.30. The molecule has 0 radical (unpaired) electrons. The van der Waals surface area contributed by atoms with Crippen LogP contribution in [0.2, 0.25) is 0 Å². The molecule has 0 atom stereocenters. The molecule has 90 valence electrons. The lowest BCUT2D eigenvalue weighted by Gasteiger charge is -2.14. The summed E-state index contributed by atoms with van der Waals surface area (Å²) in [7, 11) is 3.93. The standard InChI is InChI=1S/C9H17N5OS/c1-11-3-4-14(2)5-7-6-16-9(12-7)8(15)13-10/h6,11H,3-5,10H2,1-2H3,(H,13,15). The summed E-state index contributed by atoms with van der Waals surface area (Å²) in [5, 5.41) is 5.35. The van der Waals surface area contributed by atoms with Gasteiger partial charge in [0.15, 0.2) is 5.01 Å². The Morgan fingerprint density at radius 3 is 3.06 bits per heavy atom. The highest BCUT2D eigenvalue weighted by Crippen LogP contribution is 2.10. The molecule has 1 aromatic rings. The van der Waals surface area contributed by atoms with Crippen molar-refractivity contribution in [2.24, 2.45) is 5.84 Å². The minimum atomic E-state index is -0.339. The SMILES string of the molecule is CNCCN(C)Cc1csc(C(=O)NN)n1. The molecular weight excluding hydrogens is 226 g/mol. The fourth-order valence-electron chi connectivity index (χ4n) is 1.20. The van der Waals surface area contributed by atoms with Gasteiger partial charge in [-0.05, 0) is 14.1 Å². The maximum absolute atomic E-state index is 11.2. The Balaban J connectivity index is 2.48. The first-order valence-electron chi connectivity index (χ1n) is 4.96. The third kappa shape index (κ3) is 3.86. The van der Waals surface area contributed by atoms with Crippen LogP contribution >= 0.6 is 11.3 Å². The van der Waals surface area contributed by atoms with Gasteiger partial charge in [-0.2, -0.15) is 0 Å². The molecule has 0 saturated carbocycles. The van der Waals surface area contributed by atoms with Crippen LogP contribution in [0.3, 0.4) is 0 Å². The monoisotopic (exact) mass is 243 g/mol. The lowest BCUT2D eigenvalue weighted by molar-refractivity contribution is 0.0953. The number of thiazole rings is 1. The van der Waals surface area contributed by atoms with Crippen molar-refractivity contribution in [1.29, 1.82) is 0 Å². The van der Waals surface area contributed by atoms with Crippen molar-refractivity contribution < 1.29 is 4.79 Å². The van der Waals surface area contributed by atoms with Gasteiger partial charge in [-0.25, -0.2) is 10.8 Å². The highest BCUT2D eigenvalue weighted by Gasteiger charge is 2.10. The molecule has 6 nitrogen and oxygen atoms in total. The average molecular weight is 243 g/mol. The van der Waals surface area contributed by atoms with Gasteiger partial charge in [-0.3, -0.25) is 15.1 Å². The second-order valence-corrected chi connectivity index (χ2v) is 4.32. The molecule has 0 aliphatic rings. The van der Waals surface area contributed by atoms with Gasteiger partial charge in [0.25, 0.3) is 5.91 Å². The predicted molar refractivity (Wildman–Crippen MR) is 64.0 cm³/mol. The first kappa shape index (κ1) is 13.0. The normalized spacial score (nSPS) is 10.8. The maximum atomic E-state index is 11.2.